The van der Waals surface area contributed by atoms with Gasteiger partial charge in [-0.1, -0.05) is 38.1 Å². The first-order valence-corrected chi connectivity index (χ1v) is 9.23. The lowest BCUT2D eigenvalue weighted by atomic mass is 10.1. The standard InChI is InChI=1S/C20H31N5O.HI/c1-17(2)15-26-12-4-9-23-20(21-3)24-13-18-5-7-19(8-6-18)14-25-11-10-22-16-25;/h5-8,10-11,16-17H,4,9,12-15H2,1-3H3,(H2,21,23,24);1H. The Balaban J connectivity index is 0.00000364. The number of ether oxygens (including phenoxy) is 1. The molecular weight excluding hydrogens is 453 g/mol. The molecule has 0 amide bonds. The highest BCUT2D eigenvalue weighted by Crippen LogP contribution is 2.06. The van der Waals surface area contributed by atoms with Crippen molar-refractivity contribution in [2.45, 2.75) is 33.4 Å². The number of nitrogens with one attached hydrogen (secondary N) is 2. The number of aromatic nitrogens is 2. The molecule has 0 spiro atoms. The van der Waals surface area contributed by atoms with Crippen molar-refractivity contribution in [3.05, 3.63) is 54.1 Å². The average Bonchev–Trinajstić information content (AvgIpc) is 3.14. The lowest BCUT2D eigenvalue weighted by Gasteiger charge is -2.13. The molecule has 0 aliphatic rings. The summed E-state index contributed by atoms with van der Waals surface area (Å²) < 4.78 is 7.64. The Kier molecular flexibility index (Phi) is 11.8. The summed E-state index contributed by atoms with van der Waals surface area (Å²) in [5, 5.41) is 6.66. The Bertz CT molecular complexity index is 641. The van der Waals surface area contributed by atoms with Crippen LogP contribution < -0.4 is 10.6 Å². The van der Waals surface area contributed by atoms with Crippen LogP contribution in [-0.4, -0.2) is 42.3 Å². The molecule has 0 saturated heterocycles. The average molecular weight is 485 g/mol. The summed E-state index contributed by atoms with van der Waals surface area (Å²) in [7, 11) is 1.79. The van der Waals surface area contributed by atoms with E-state index in [2.05, 4.69) is 63.3 Å². The van der Waals surface area contributed by atoms with Crippen LogP contribution in [0.15, 0.2) is 48.0 Å². The van der Waals surface area contributed by atoms with Crippen LogP contribution in [0.5, 0.6) is 0 Å². The fraction of sp³-hybridized carbons (Fsp3) is 0.500. The topological polar surface area (TPSA) is 63.5 Å². The molecule has 0 bridgehead atoms. The molecule has 27 heavy (non-hydrogen) atoms. The number of benzene rings is 1. The van der Waals surface area contributed by atoms with Crippen molar-refractivity contribution in [2.75, 3.05) is 26.8 Å². The molecule has 0 aliphatic heterocycles. The summed E-state index contributed by atoms with van der Waals surface area (Å²) in [4.78, 5) is 8.33. The minimum absolute atomic E-state index is 0. The van der Waals surface area contributed by atoms with Gasteiger partial charge in [0, 0.05) is 52.3 Å². The van der Waals surface area contributed by atoms with E-state index in [9.17, 15) is 0 Å². The molecule has 1 aromatic heterocycles. The largest absolute Gasteiger partial charge is 0.381 e. The van der Waals surface area contributed by atoms with Crippen LogP contribution in [0.3, 0.4) is 0 Å². The van der Waals surface area contributed by atoms with Gasteiger partial charge in [0.1, 0.15) is 0 Å². The second kappa shape index (κ2) is 13.5. The van der Waals surface area contributed by atoms with Gasteiger partial charge in [0.25, 0.3) is 0 Å². The molecule has 0 aliphatic carbocycles. The quantitative estimate of drug-likeness (QED) is 0.235. The van der Waals surface area contributed by atoms with Crippen molar-refractivity contribution in [2.24, 2.45) is 10.9 Å². The second-order valence-corrected chi connectivity index (χ2v) is 6.73. The number of hydrogen-bond acceptors (Lipinski definition) is 3. The molecule has 7 heteroatoms. The summed E-state index contributed by atoms with van der Waals surface area (Å²) >= 11 is 0. The van der Waals surface area contributed by atoms with Gasteiger partial charge in [-0.25, -0.2) is 4.98 Å². The van der Waals surface area contributed by atoms with Crippen molar-refractivity contribution in [3.63, 3.8) is 0 Å². The van der Waals surface area contributed by atoms with E-state index in [1.165, 1.54) is 11.1 Å². The Morgan fingerprint density at radius 2 is 1.93 bits per heavy atom. The zero-order valence-electron chi connectivity index (χ0n) is 16.5. The number of imidazole rings is 1. The Labute approximate surface area is 179 Å². The summed E-state index contributed by atoms with van der Waals surface area (Å²) in [5.74, 6) is 1.40. The lowest BCUT2D eigenvalue weighted by Crippen LogP contribution is -2.37. The van der Waals surface area contributed by atoms with E-state index in [-0.39, 0.29) is 24.0 Å². The minimum atomic E-state index is 0. The molecule has 1 aromatic carbocycles. The van der Waals surface area contributed by atoms with Crippen molar-refractivity contribution >= 4 is 29.9 Å². The number of guanidine groups is 1. The predicted octanol–water partition coefficient (Wildman–Crippen LogP) is 3.28. The third-order valence-corrected chi connectivity index (χ3v) is 3.84. The third kappa shape index (κ3) is 9.76. The number of rotatable bonds is 10. The zero-order chi connectivity index (χ0) is 18.6. The molecule has 0 unspecified atom stereocenters. The van der Waals surface area contributed by atoms with Gasteiger partial charge < -0.3 is 19.9 Å². The van der Waals surface area contributed by atoms with Crippen LogP contribution in [0.4, 0.5) is 0 Å². The smallest absolute Gasteiger partial charge is 0.191 e. The van der Waals surface area contributed by atoms with E-state index in [4.69, 9.17) is 4.74 Å². The molecule has 2 aromatic rings. The summed E-state index contributed by atoms with van der Waals surface area (Å²) in [6, 6.07) is 8.59. The molecule has 1 heterocycles. The Hall–Kier alpha value is -1.61. The van der Waals surface area contributed by atoms with E-state index in [1.54, 1.807) is 13.2 Å². The van der Waals surface area contributed by atoms with E-state index in [0.717, 1.165) is 45.2 Å². The Morgan fingerprint density at radius 3 is 2.56 bits per heavy atom. The highest BCUT2D eigenvalue weighted by Gasteiger charge is 2.00. The van der Waals surface area contributed by atoms with Crippen LogP contribution >= 0.6 is 24.0 Å². The third-order valence-electron chi connectivity index (χ3n) is 3.84. The van der Waals surface area contributed by atoms with E-state index < -0.39 is 0 Å². The first-order valence-electron chi connectivity index (χ1n) is 9.23. The molecule has 0 saturated carbocycles. The maximum Gasteiger partial charge on any atom is 0.191 e. The van der Waals surface area contributed by atoms with Gasteiger partial charge in [-0.3, -0.25) is 4.99 Å². The molecule has 6 nitrogen and oxygen atoms in total. The maximum atomic E-state index is 5.58. The minimum Gasteiger partial charge on any atom is -0.381 e. The van der Waals surface area contributed by atoms with E-state index >= 15 is 0 Å². The molecular formula is C20H32IN5O. The van der Waals surface area contributed by atoms with Gasteiger partial charge in [-0.15, -0.1) is 24.0 Å². The summed E-state index contributed by atoms with van der Waals surface area (Å²) in [6.45, 7) is 8.36. The van der Waals surface area contributed by atoms with Crippen LogP contribution in [0.2, 0.25) is 0 Å². The van der Waals surface area contributed by atoms with E-state index in [1.807, 2.05) is 12.5 Å². The van der Waals surface area contributed by atoms with Crippen LogP contribution in [0.1, 0.15) is 31.4 Å². The first kappa shape index (κ1) is 23.4. The molecule has 2 N–H and O–H groups in total. The summed E-state index contributed by atoms with van der Waals surface area (Å²) in [5.41, 5.74) is 2.48. The van der Waals surface area contributed by atoms with Crippen LogP contribution in [0, 0.1) is 5.92 Å². The number of hydrogen-bond donors (Lipinski definition) is 2. The zero-order valence-corrected chi connectivity index (χ0v) is 18.8. The van der Waals surface area contributed by atoms with Gasteiger partial charge >= 0.3 is 0 Å². The van der Waals surface area contributed by atoms with Crippen molar-refractivity contribution in [1.82, 2.24) is 20.2 Å². The van der Waals surface area contributed by atoms with E-state index in [0.29, 0.717) is 5.92 Å². The fourth-order valence-electron chi connectivity index (χ4n) is 2.46. The molecule has 150 valence electrons. The predicted molar refractivity (Wildman–Crippen MR) is 122 cm³/mol. The lowest BCUT2D eigenvalue weighted by molar-refractivity contribution is 0.108. The van der Waals surface area contributed by atoms with Crippen molar-refractivity contribution < 1.29 is 4.74 Å². The van der Waals surface area contributed by atoms with Crippen molar-refractivity contribution in [3.8, 4) is 0 Å². The van der Waals surface area contributed by atoms with Crippen LogP contribution in [0.25, 0.3) is 0 Å². The fourth-order valence-corrected chi connectivity index (χ4v) is 2.46. The first-order chi connectivity index (χ1) is 12.7. The van der Waals surface area contributed by atoms with Gasteiger partial charge in [0.15, 0.2) is 5.96 Å². The highest BCUT2D eigenvalue weighted by atomic mass is 127. The highest BCUT2D eigenvalue weighted by molar-refractivity contribution is 14.0. The number of aliphatic imine (C=N–C) groups is 1. The summed E-state index contributed by atoms with van der Waals surface area (Å²) in [6.07, 6.45) is 6.57. The van der Waals surface area contributed by atoms with Gasteiger partial charge in [-0.05, 0) is 23.5 Å². The molecule has 0 atom stereocenters. The van der Waals surface area contributed by atoms with Crippen LogP contribution in [-0.2, 0) is 17.8 Å². The molecule has 2 rings (SSSR count). The SMILES string of the molecule is CN=C(NCCCOCC(C)C)NCc1ccc(Cn2ccnc2)cc1.I. The Morgan fingerprint density at radius 1 is 1.19 bits per heavy atom. The van der Waals surface area contributed by atoms with Gasteiger partial charge in [0.2, 0.25) is 0 Å². The molecule has 0 fully saturated rings. The van der Waals surface area contributed by atoms with Gasteiger partial charge in [-0.2, -0.15) is 0 Å². The normalized spacial score (nSPS) is 11.3. The number of halogens is 1. The number of nitrogens with zero attached hydrogens (tertiary/aromatic N) is 3. The van der Waals surface area contributed by atoms with Crippen molar-refractivity contribution in [1.29, 1.82) is 0 Å². The molecule has 0 radical (unpaired) electrons. The maximum absolute atomic E-state index is 5.58. The monoisotopic (exact) mass is 485 g/mol. The van der Waals surface area contributed by atoms with Gasteiger partial charge in [0.05, 0.1) is 6.33 Å². The second-order valence-electron chi connectivity index (χ2n) is 6.73.